The van der Waals surface area contributed by atoms with Crippen molar-refractivity contribution in [1.29, 1.82) is 0 Å². The molecule has 1 aromatic rings. The van der Waals surface area contributed by atoms with E-state index in [1.165, 1.54) is 17.0 Å². The standard InChI is InChI=1S/C17H24FN3O4/c1-3-24-16(25-4-2)10-19-17(23)20-13-9-15(22)21(11-13)14-7-5-12(18)6-8-14/h5-8,13,16H,3-4,9-11H2,1-2H3,(H2,19,20,23)/t13-/m0/s1. The number of anilines is 1. The number of carbonyl (C=O) groups is 2. The van der Waals surface area contributed by atoms with E-state index in [-0.39, 0.29) is 36.8 Å². The lowest BCUT2D eigenvalue weighted by atomic mass is 10.2. The molecule has 3 amide bonds. The first-order valence-corrected chi connectivity index (χ1v) is 8.37. The molecular weight excluding hydrogens is 329 g/mol. The van der Waals surface area contributed by atoms with E-state index in [0.717, 1.165) is 0 Å². The van der Waals surface area contributed by atoms with Crippen molar-refractivity contribution in [1.82, 2.24) is 10.6 Å². The van der Waals surface area contributed by atoms with Crippen LogP contribution in [0.2, 0.25) is 0 Å². The van der Waals surface area contributed by atoms with Gasteiger partial charge in [-0.05, 0) is 38.1 Å². The predicted molar refractivity (Wildman–Crippen MR) is 90.7 cm³/mol. The van der Waals surface area contributed by atoms with Gasteiger partial charge in [0.15, 0.2) is 6.29 Å². The van der Waals surface area contributed by atoms with Crippen LogP contribution in [0.5, 0.6) is 0 Å². The average Bonchev–Trinajstić information content (AvgIpc) is 2.94. The Kier molecular flexibility index (Phi) is 7.15. The lowest BCUT2D eigenvalue weighted by Gasteiger charge is -2.19. The molecule has 1 atom stereocenters. The summed E-state index contributed by atoms with van der Waals surface area (Å²) in [4.78, 5) is 25.6. The van der Waals surface area contributed by atoms with Crippen LogP contribution in [0.3, 0.4) is 0 Å². The minimum absolute atomic E-state index is 0.113. The molecule has 0 spiro atoms. The smallest absolute Gasteiger partial charge is 0.315 e. The van der Waals surface area contributed by atoms with Gasteiger partial charge in [-0.2, -0.15) is 0 Å². The molecule has 8 heteroatoms. The number of nitrogens with zero attached hydrogens (tertiary/aromatic N) is 1. The van der Waals surface area contributed by atoms with Gasteiger partial charge in [-0.3, -0.25) is 4.79 Å². The van der Waals surface area contributed by atoms with Crippen LogP contribution in [-0.4, -0.2) is 50.6 Å². The van der Waals surface area contributed by atoms with E-state index in [1.54, 1.807) is 12.1 Å². The van der Waals surface area contributed by atoms with Crippen LogP contribution in [0.25, 0.3) is 0 Å². The van der Waals surface area contributed by atoms with Crippen LogP contribution >= 0.6 is 0 Å². The highest BCUT2D eigenvalue weighted by Crippen LogP contribution is 2.21. The minimum atomic E-state index is -0.498. The minimum Gasteiger partial charge on any atom is -0.351 e. The fourth-order valence-electron chi connectivity index (χ4n) is 2.63. The molecule has 1 heterocycles. The fraction of sp³-hybridized carbons (Fsp3) is 0.529. The SMILES string of the molecule is CCOC(CNC(=O)N[C@H]1CC(=O)N(c2ccc(F)cc2)C1)OCC. The molecule has 1 aliphatic heterocycles. The molecule has 0 aromatic heterocycles. The molecule has 0 aliphatic carbocycles. The molecular formula is C17H24FN3O4. The Morgan fingerprint density at radius 2 is 1.92 bits per heavy atom. The maximum absolute atomic E-state index is 13.0. The van der Waals surface area contributed by atoms with E-state index in [4.69, 9.17) is 9.47 Å². The van der Waals surface area contributed by atoms with Crippen molar-refractivity contribution in [3.63, 3.8) is 0 Å². The highest BCUT2D eigenvalue weighted by molar-refractivity contribution is 5.96. The van der Waals surface area contributed by atoms with E-state index in [0.29, 0.717) is 25.4 Å². The molecule has 2 rings (SSSR count). The van der Waals surface area contributed by atoms with Crippen LogP contribution in [0.15, 0.2) is 24.3 Å². The van der Waals surface area contributed by atoms with Crippen molar-refractivity contribution >= 4 is 17.6 Å². The predicted octanol–water partition coefficient (Wildman–Crippen LogP) is 1.63. The van der Waals surface area contributed by atoms with E-state index in [2.05, 4.69) is 10.6 Å². The number of hydrogen-bond donors (Lipinski definition) is 2. The number of rotatable bonds is 8. The summed E-state index contributed by atoms with van der Waals surface area (Å²) < 4.78 is 23.7. The van der Waals surface area contributed by atoms with Gasteiger partial charge >= 0.3 is 6.03 Å². The number of ether oxygens (including phenoxy) is 2. The molecule has 2 N–H and O–H groups in total. The maximum Gasteiger partial charge on any atom is 0.315 e. The van der Waals surface area contributed by atoms with Crippen LogP contribution in [0.4, 0.5) is 14.9 Å². The largest absolute Gasteiger partial charge is 0.351 e. The van der Waals surface area contributed by atoms with Crippen molar-refractivity contribution in [2.45, 2.75) is 32.6 Å². The highest BCUT2D eigenvalue weighted by Gasteiger charge is 2.31. The summed E-state index contributed by atoms with van der Waals surface area (Å²) in [5.41, 5.74) is 0.615. The average molecular weight is 353 g/mol. The number of benzene rings is 1. The third-order valence-corrected chi connectivity index (χ3v) is 3.73. The van der Waals surface area contributed by atoms with Gasteiger partial charge in [0.2, 0.25) is 5.91 Å². The van der Waals surface area contributed by atoms with E-state index in [1.807, 2.05) is 13.8 Å². The zero-order chi connectivity index (χ0) is 18.2. The van der Waals surface area contributed by atoms with Gasteiger partial charge in [0.25, 0.3) is 0 Å². The monoisotopic (exact) mass is 353 g/mol. The second-order valence-corrected chi connectivity index (χ2v) is 5.58. The number of amides is 3. The third kappa shape index (κ3) is 5.68. The topological polar surface area (TPSA) is 79.9 Å². The normalized spacial score (nSPS) is 17.2. The van der Waals surface area contributed by atoms with Crippen molar-refractivity contribution in [3.8, 4) is 0 Å². The van der Waals surface area contributed by atoms with Gasteiger partial charge in [0, 0.05) is 31.9 Å². The summed E-state index contributed by atoms with van der Waals surface area (Å²) in [7, 11) is 0. The summed E-state index contributed by atoms with van der Waals surface area (Å²) in [5.74, 6) is -0.471. The lowest BCUT2D eigenvalue weighted by Crippen LogP contribution is -2.46. The quantitative estimate of drug-likeness (QED) is 0.696. The molecule has 1 aliphatic rings. The van der Waals surface area contributed by atoms with E-state index in [9.17, 15) is 14.0 Å². The van der Waals surface area contributed by atoms with Gasteiger partial charge in [-0.1, -0.05) is 0 Å². The first-order valence-electron chi connectivity index (χ1n) is 8.37. The summed E-state index contributed by atoms with van der Waals surface area (Å²) in [6.07, 6.45) is -0.299. The maximum atomic E-state index is 13.0. The Labute approximate surface area is 146 Å². The number of urea groups is 1. The summed E-state index contributed by atoms with van der Waals surface area (Å²) in [6.45, 7) is 5.23. The molecule has 1 aromatic carbocycles. The first kappa shape index (κ1) is 19.1. The number of hydrogen-bond acceptors (Lipinski definition) is 4. The second-order valence-electron chi connectivity index (χ2n) is 5.58. The molecule has 1 fully saturated rings. The summed E-state index contributed by atoms with van der Waals surface area (Å²) >= 11 is 0. The molecule has 0 radical (unpaired) electrons. The molecule has 25 heavy (non-hydrogen) atoms. The Balaban J connectivity index is 1.82. The highest BCUT2D eigenvalue weighted by atomic mass is 19.1. The van der Waals surface area contributed by atoms with E-state index >= 15 is 0 Å². The Morgan fingerprint density at radius 3 is 2.52 bits per heavy atom. The summed E-state index contributed by atoms with van der Waals surface area (Å²) in [6, 6.07) is 5.00. The van der Waals surface area contributed by atoms with Crippen molar-refractivity contribution in [3.05, 3.63) is 30.1 Å². The third-order valence-electron chi connectivity index (χ3n) is 3.73. The van der Waals surface area contributed by atoms with E-state index < -0.39 is 6.29 Å². The van der Waals surface area contributed by atoms with Crippen molar-refractivity contribution in [2.75, 3.05) is 31.2 Å². The lowest BCUT2D eigenvalue weighted by molar-refractivity contribution is -0.131. The zero-order valence-corrected chi connectivity index (χ0v) is 14.5. The number of halogens is 1. The zero-order valence-electron chi connectivity index (χ0n) is 14.5. The van der Waals surface area contributed by atoms with Crippen molar-refractivity contribution in [2.24, 2.45) is 0 Å². The van der Waals surface area contributed by atoms with Gasteiger partial charge in [-0.15, -0.1) is 0 Å². The van der Waals surface area contributed by atoms with Gasteiger partial charge in [-0.25, -0.2) is 9.18 Å². The fourth-order valence-corrected chi connectivity index (χ4v) is 2.63. The van der Waals surface area contributed by atoms with Crippen LogP contribution < -0.4 is 15.5 Å². The Morgan fingerprint density at radius 1 is 1.28 bits per heavy atom. The molecule has 0 unspecified atom stereocenters. The van der Waals surface area contributed by atoms with Gasteiger partial charge in [0.05, 0.1) is 12.6 Å². The Hall–Kier alpha value is -2.19. The number of nitrogens with one attached hydrogen (secondary N) is 2. The number of carbonyl (C=O) groups excluding carboxylic acids is 2. The first-order chi connectivity index (χ1) is 12.0. The molecule has 7 nitrogen and oxygen atoms in total. The molecule has 138 valence electrons. The molecule has 0 saturated carbocycles. The van der Waals surface area contributed by atoms with Gasteiger partial charge in [0.1, 0.15) is 5.82 Å². The van der Waals surface area contributed by atoms with Crippen LogP contribution in [-0.2, 0) is 14.3 Å². The molecule has 0 bridgehead atoms. The van der Waals surface area contributed by atoms with Crippen LogP contribution in [0.1, 0.15) is 20.3 Å². The summed E-state index contributed by atoms with van der Waals surface area (Å²) in [5, 5.41) is 5.44. The van der Waals surface area contributed by atoms with Gasteiger partial charge < -0.3 is 25.0 Å². The Bertz CT molecular complexity index is 576. The second kappa shape index (κ2) is 9.33. The van der Waals surface area contributed by atoms with Crippen LogP contribution in [0, 0.1) is 5.82 Å². The van der Waals surface area contributed by atoms with Crippen molar-refractivity contribution < 1.29 is 23.5 Å². The molecule has 1 saturated heterocycles.